The summed E-state index contributed by atoms with van der Waals surface area (Å²) in [5.74, 6) is 0.0710. The smallest absolute Gasteiger partial charge is 0.257 e. The van der Waals surface area contributed by atoms with E-state index in [2.05, 4.69) is 10.2 Å². The van der Waals surface area contributed by atoms with E-state index >= 15 is 0 Å². The molecule has 2 saturated heterocycles. The molecular weight excluding hydrogens is 632 g/mol. The lowest BCUT2D eigenvalue weighted by molar-refractivity contribution is -0.133. The molecule has 4 atom stereocenters. The van der Waals surface area contributed by atoms with Crippen molar-refractivity contribution >= 4 is 34.7 Å². The van der Waals surface area contributed by atoms with E-state index in [1.165, 1.54) is 0 Å². The molecule has 6 rings (SSSR count). The second-order valence-corrected chi connectivity index (χ2v) is 14.4. The van der Waals surface area contributed by atoms with Gasteiger partial charge in [-0.2, -0.15) is 0 Å². The number of carbonyl (C=O) groups excluding carboxylic acids is 3. The number of aromatic nitrogens is 1. The molecule has 2 amide bonds. The summed E-state index contributed by atoms with van der Waals surface area (Å²) in [6, 6.07) is 12.1. The zero-order valence-corrected chi connectivity index (χ0v) is 30.4. The molecule has 50 heavy (non-hydrogen) atoms. The van der Waals surface area contributed by atoms with Crippen LogP contribution in [0.25, 0.3) is 10.9 Å². The maximum absolute atomic E-state index is 14.2. The number of hydrogen-bond donors (Lipinski definition) is 1. The molecule has 3 aromatic rings. The van der Waals surface area contributed by atoms with Crippen LogP contribution in [-0.4, -0.2) is 102 Å². The van der Waals surface area contributed by atoms with Crippen LogP contribution in [0.5, 0.6) is 0 Å². The average Bonchev–Trinajstić information content (AvgIpc) is 3.82. The van der Waals surface area contributed by atoms with Gasteiger partial charge < -0.3 is 33.8 Å². The molecule has 3 fully saturated rings. The number of nitrogens with one attached hydrogen (secondary N) is 1. The van der Waals surface area contributed by atoms with Crippen LogP contribution in [0.2, 0.25) is 0 Å². The van der Waals surface area contributed by atoms with Crippen LogP contribution in [0.1, 0.15) is 73.0 Å². The second-order valence-electron chi connectivity index (χ2n) is 14.4. The highest BCUT2D eigenvalue weighted by Gasteiger charge is 2.44. The van der Waals surface area contributed by atoms with E-state index in [1.54, 1.807) is 0 Å². The molecule has 10 nitrogen and oxygen atoms in total. The normalized spacial score (nSPS) is 25.7. The molecule has 0 spiro atoms. The van der Waals surface area contributed by atoms with Crippen molar-refractivity contribution < 1.29 is 28.6 Å². The van der Waals surface area contributed by atoms with Gasteiger partial charge >= 0.3 is 0 Å². The fraction of sp³-hybridized carbons (Fsp3) is 0.575. The van der Waals surface area contributed by atoms with Crippen molar-refractivity contribution in [1.29, 1.82) is 0 Å². The molecule has 2 aliphatic heterocycles. The number of anilines is 1. The number of hydrogen-bond acceptors (Lipinski definition) is 7. The van der Waals surface area contributed by atoms with Crippen LogP contribution in [0.15, 0.2) is 42.6 Å². The van der Waals surface area contributed by atoms with Crippen molar-refractivity contribution in [2.75, 3.05) is 44.8 Å². The van der Waals surface area contributed by atoms with Gasteiger partial charge in [0.2, 0.25) is 5.91 Å². The Balaban J connectivity index is 1.15. The highest BCUT2D eigenvalue weighted by molar-refractivity contribution is 6.13. The largest absolute Gasteiger partial charge is 0.376 e. The summed E-state index contributed by atoms with van der Waals surface area (Å²) >= 11 is 0. The Kier molecular flexibility index (Phi) is 11.7. The highest BCUT2D eigenvalue weighted by atomic mass is 16.5. The summed E-state index contributed by atoms with van der Waals surface area (Å²) in [4.78, 5) is 43.3. The summed E-state index contributed by atoms with van der Waals surface area (Å²) in [6.07, 6.45) is 7.74. The van der Waals surface area contributed by atoms with Gasteiger partial charge in [0.25, 0.3) is 5.91 Å². The van der Waals surface area contributed by atoms with E-state index in [9.17, 15) is 14.4 Å². The summed E-state index contributed by atoms with van der Waals surface area (Å²) in [7, 11) is 1.94. The van der Waals surface area contributed by atoms with Crippen LogP contribution in [0.3, 0.4) is 0 Å². The van der Waals surface area contributed by atoms with Crippen molar-refractivity contribution in [3.05, 3.63) is 64.8 Å². The number of carbonyl (C=O) groups is 3. The predicted molar refractivity (Wildman–Crippen MR) is 195 cm³/mol. The van der Waals surface area contributed by atoms with Crippen molar-refractivity contribution in [2.24, 2.45) is 13.0 Å². The number of likely N-dealkylation sites (tertiary alicyclic amines) is 2. The van der Waals surface area contributed by atoms with Gasteiger partial charge in [-0.05, 0) is 88.6 Å². The molecule has 1 aliphatic carbocycles. The number of aryl methyl sites for hydroxylation is 3. The molecule has 1 aromatic heterocycles. The van der Waals surface area contributed by atoms with E-state index < -0.39 is 0 Å². The van der Waals surface area contributed by atoms with Crippen molar-refractivity contribution in [1.82, 2.24) is 14.4 Å². The van der Waals surface area contributed by atoms with Gasteiger partial charge in [-0.1, -0.05) is 24.3 Å². The van der Waals surface area contributed by atoms with Gasteiger partial charge in [0.1, 0.15) is 6.29 Å². The summed E-state index contributed by atoms with van der Waals surface area (Å²) in [5.41, 5.74) is 5.22. The zero-order chi connectivity index (χ0) is 35.4. The van der Waals surface area contributed by atoms with Crippen LogP contribution < -0.4 is 5.32 Å². The van der Waals surface area contributed by atoms with Gasteiger partial charge in [-0.3, -0.25) is 14.5 Å². The minimum absolute atomic E-state index is 0.0256. The minimum atomic E-state index is -0.154. The van der Waals surface area contributed by atoms with Crippen LogP contribution >= 0.6 is 0 Å². The molecule has 0 unspecified atom stereocenters. The first-order chi connectivity index (χ1) is 24.2. The molecule has 2 aromatic carbocycles. The number of amides is 2. The molecule has 3 aliphatic rings. The molecule has 10 heteroatoms. The monoisotopic (exact) mass is 686 g/mol. The standard InChI is InChI=1S/C40H54N4O6/c1-6-48-37-22-43(23-38(37)49-7-2)30-19-31(25-50-32-14-12-28(24-45)13-15-32)44(20-30)39(46)18-29-16-27(4)35(17-26(29)3)41-40(47)34-21-42(5)36-11-9-8-10-33(34)36/h8-11,16-17,21,24,28,30-32,37-38H,6-7,12-15,18-20,22-23,25H2,1-5H3,(H,41,47)/t28-,30-,31-,32-,37-,38+/m0/s1. The predicted octanol–water partition coefficient (Wildman–Crippen LogP) is 5.46. The highest BCUT2D eigenvalue weighted by Crippen LogP contribution is 2.31. The Morgan fingerprint density at radius 2 is 1.62 bits per heavy atom. The second kappa shape index (κ2) is 16.2. The van der Waals surface area contributed by atoms with Crippen molar-refractivity contribution in [3.63, 3.8) is 0 Å². The Morgan fingerprint density at radius 3 is 2.30 bits per heavy atom. The number of ether oxygens (including phenoxy) is 3. The first-order valence-electron chi connectivity index (χ1n) is 18.5. The van der Waals surface area contributed by atoms with Gasteiger partial charge in [-0.15, -0.1) is 0 Å². The number of benzene rings is 2. The Labute approximate surface area is 296 Å². The van der Waals surface area contributed by atoms with Crippen molar-refractivity contribution in [2.45, 2.75) is 96.6 Å². The van der Waals surface area contributed by atoms with E-state index in [4.69, 9.17) is 14.2 Å². The molecule has 3 heterocycles. The fourth-order valence-corrected chi connectivity index (χ4v) is 8.25. The SMILES string of the molecule is CCO[C@H]1CN([C@H]2C[C@@H](CO[C@H]3CC[C@H](C=O)CC3)N(C(=O)Cc3cc(C)c(NC(=O)c4cn(C)c5ccccc45)cc3C)C2)C[C@H]1OCC. The lowest BCUT2D eigenvalue weighted by Gasteiger charge is -2.29. The average molecular weight is 687 g/mol. The lowest BCUT2D eigenvalue weighted by atomic mass is 9.88. The van der Waals surface area contributed by atoms with Gasteiger partial charge in [0, 0.05) is 74.6 Å². The third-order valence-corrected chi connectivity index (χ3v) is 11.1. The molecular formula is C40H54N4O6. The number of rotatable bonds is 13. The van der Waals surface area contributed by atoms with Crippen molar-refractivity contribution in [3.8, 4) is 0 Å². The van der Waals surface area contributed by atoms with Crippen LogP contribution in [-0.2, 0) is 37.3 Å². The van der Waals surface area contributed by atoms with E-state index in [1.807, 2.05) is 86.8 Å². The Morgan fingerprint density at radius 1 is 0.920 bits per heavy atom. The van der Waals surface area contributed by atoms with Gasteiger partial charge in [0.15, 0.2) is 0 Å². The molecule has 0 bridgehead atoms. The Hall–Kier alpha value is -3.57. The minimum Gasteiger partial charge on any atom is -0.376 e. The number of aldehydes is 1. The first kappa shape index (κ1) is 36.2. The molecule has 270 valence electrons. The van der Waals surface area contributed by atoms with E-state index in [-0.39, 0.29) is 54.5 Å². The molecule has 1 saturated carbocycles. The van der Waals surface area contributed by atoms with Crippen LogP contribution in [0, 0.1) is 19.8 Å². The number of nitrogens with zero attached hydrogens (tertiary/aromatic N) is 3. The summed E-state index contributed by atoms with van der Waals surface area (Å²) in [6.45, 7) is 12.0. The lowest BCUT2D eigenvalue weighted by Crippen LogP contribution is -2.41. The fourth-order valence-electron chi connectivity index (χ4n) is 8.25. The van der Waals surface area contributed by atoms with Crippen LogP contribution in [0.4, 0.5) is 5.69 Å². The van der Waals surface area contributed by atoms with E-state index in [0.29, 0.717) is 31.9 Å². The maximum Gasteiger partial charge on any atom is 0.257 e. The maximum atomic E-state index is 14.2. The number of para-hydroxylation sites is 1. The summed E-state index contributed by atoms with van der Waals surface area (Å²) in [5, 5.41) is 4.04. The van der Waals surface area contributed by atoms with E-state index in [0.717, 1.165) is 84.8 Å². The molecule has 0 radical (unpaired) electrons. The first-order valence-corrected chi connectivity index (χ1v) is 18.5. The third kappa shape index (κ3) is 7.99. The zero-order valence-electron chi connectivity index (χ0n) is 30.4. The topological polar surface area (TPSA) is 102 Å². The summed E-state index contributed by atoms with van der Waals surface area (Å²) < 4.78 is 20.6. The third-order valence-electron chi connectivity index (χ3n) is 11.1. The molecule has 1 N–H and O–H groups in total. The quantitative estimate of drug-likeness (QED) is 0.239. The Bertz CT molecular complexity index is 1650. The van der Waals surface area contributed by atoms with Gasteiger partial charge in [0.05, 0.1) is 42.9 Å². The van der Waals surface area contributed by atoms with Gasteiger partial charge in [-0.25, -0.2) is 0 Å². The number of fused-ring (bicyclic) bond motifs is 1.